The third-order valence-electron chi connectivity index (χ3n) is 3.73. The fraction of sp³-hybridized carbons (Fsp3) is 0.562. The van der Waals surface area contributed by atoms with Crippen LogP contribution in [-0.4, -0.2) is 25.7 Å². The summed E-state index contributed by atoms with van der Waals surface area (Å²) in [5.41, 5.74) is 0.927. The number of nitrogens with one attached hydrogen (secondary N) is 1. The molecule has 20 heavy (non-hydrogen) atoms. The van der Waals surface area contributed by atoms with Gasteiger partial charge in [0, 0.05) is 6.04 Å². The monoisotopic (exact) mass is 277 g/mol. The second kappa shape index (κ2) is 7.29. The number of esters is 1. The van der Waals surface area contributed by atoms with Crippen molar-refractivity contribution >= 4 is 5.97 Å². The molecule has 0 bridgehead atoms. The van der Waals surface area contributed by atoms with E-state index in [4.69, 9.17) is 9.47 Å². The SMILES string of the molecule is CCOC(=O)C(NC1CCCC1)c1ccc(OC)cc1. The fourth-order valence-corrected chi connectivity index (χ4v) is 2.65. The summed E-state index contributed by atoms with van der Waals surface area (Å²) in [7, 11) is 1.63. The maximum absolute atomic E-state index is 12.2. The quantitative estimate of drug-likeness (QED) is 0.812. The summed E-state index contributed by atoms with van der Waals surface area (Å²) in [6, 6.07) is 7.61. The Hall–Kier alpha value is -1.55. The molecule has 1 N–H and O–H groups in total. The molecule has 1 unspecified atom stereocenters. The molecular weight excluding hydrogens is 254 g/mol. The molecule has 4 nitrogen and oxygen atoms in total. The van der Waals surface area contributed by atoms with Crippen LogP contribution in [0.1, 0.15) is 44.2 Å². The smallest absolute Gasteiger partial charge is 0.327 e. The number of methoxy groups -OCH3 is 1. The molecule has 0 spiro atoms. The lowest BCUT2D eigenvalue weighted by molar-refractivity contribution is -0.146. The number of hydrogen-bond acceptors (Lipinski definition) is 4. The topological polar surface area (TPSA) is 47.6 Å². The van der Waals surface area contributed by atoms with Crippen LogP contribution in [-0.2, 0) is 9.53 Å². The molecule has 0 aliphatic heterocycles. The molecule has 2 rings (SSSR count). The third-order valence-corrected chi connectivity index (χ3v) is 3.73. The highest BCUT2D eigenvalue weighted by Gasteiger charge is 2.26. The molecule has 1 fully saturated rings. The molecule has 1 aromatic rings. The highest BCUT2D eigenvalue weighted by atomic mass is 16.5. The van der Waals surface area contributed by atoms with Crippen molar-refractivity contribution in [3.05, 3.63) is 29.8 Å². The minimum Gasteiger partial charge on any atom is -0.497 e. The van der Waals surface area contributed by atoms with Gasteiger partial charge in [-0.1, -0.05) is 25.0 Å². The summed E-state index contributed by atoms with van der Waals surface area (Å²) >= 11 is 0. The summed E-state index contributed by atoms with van der Waals surface area (Å²) in [5.74, 6) is 0.585. The fourth-order valence-electron chi connectivity index (χ4n) is 2.65. The first kappa shape index (κ1) is 14.9. The molecule has 0 aromatic heterocycles. The van der Waals surface area contributed by atoms with Crippen molar-refractivity contribution in [3.8, 4) is 5.75 Å². The van der Waals surface area contributed by atoms with E-state index in [1.54, 1.807) is 7.11 Å². The van der Waals surface area contributed by atoms with Crippen molar-refractivity contribution < 1.29 is 14.3 Å². The van der Waals surface area contributed by atoms with E-state index in [1.807, 2.05) is 31.2 Å². The zero-order chi connectivity index (χ0) is 14.4. The second-order valence-corrected chi connectivity index (χ2v) is 5.11. The Kier molecular flexibility index (Phi) is 5.41. The van der Waals surface area contributed by atoms with Crippen LogP contribution < -0.4 is 10.1 Å². The Morgan fingerprint density at radius 2 is 1.95 bits per heavy atom. The van der Waals surface area contributed by atoms with E-state index in [-0.39, 0.29) is 12.0 Å². The van der Waals surface area contributed by atoms with Crippen molar-refractivity contribution in [2.24, 2.45) is 0 Å². The van der Waals surface area contributed by atoms with Crippen LogP contribution in [0.15, 0.2) is 24.3 Å². The predicted molar refractivity (Wildman–Crippen MR) is 77.8 cm³/mol. The summed E-state index contributed by atoms with van der Waals surface area (Å²) in [6.45, 7) is 2.23. The van der Waals surface area contributed by atoms with Gasteiger partial charge < -0.3 is 9.47 Å². The van der Waals surface area contributed by atoms with Crippen molar-refractivity contribution in [1.29, 1.82) is 0 Å². The standard InChI is InChI=1S/C16H23NO3/c1-3-20-16(18)15(17-13-6-4-5-7-13)12-8-10-14(19-2)11-9-12/h8-11,13,15,17H,3-7H2,1-2H3. The maximum Gasteiger partial charge on any atom is 0.327 e. The first-order chi connectivity index (χ1) is 9.74. The van der Waals surface area contributed by atoms with Crippen molar-refractivity contribution in [2.45, 2.75) is 44.7 Å². The van der Waals surface area contributed by atoms with Crippen LogP contribution >= 0.6 is 0 Å². The predicted octanol–water partition coefficient (Wildman–Crippen LogP) is 2.83. The first-order valence-corrected chi connectivity index (χ1v) is 7.31. The molecule has 0 heterocycles. The highest BCUT2D eigenvalue weighted by Crippen LogP contribution is 2.24. The number of carbonyl (C=O) groups is 1. The lowest BCUT2D eigenvalue weighted by Gasteiger charge is -2.22. The lowest BCUT2D eigenvalue weighted by Crippen LogP contribution is -2.36. The van der Waals surface area contributed by atoms with Crippen molar-refractivity contribution in [2.75, 3.05) is 13.7 Å². The van der Waals surface area contributed by atoms with Crippen LogP contribution in [0.5, 0.6) is 5.75 Å². The van der Waals surface area contributed by atoms with Gasteiger partial charge in [0.25, 0.3) is 0 Å². The van der Waals surface area contributed by atoms with E-state index < -0.39 is 0 Å². The van der Waals surface area contributed by atoms with Gasteiger partial charge in [-0.15, -0.1) is 0 Å². The Labute approximate surface area is 120 Å². The van der Waals surface area contributed by atoms with E-state index >= 15 is 0 Å². The molecule has 1 aliphatic rings. The zero-order valence-corrected chi connectivity index (χ0v) is 12.2. The minimum absolute atomic E-state index is 0.204. The van der Waals surface area contributed by atoms with Gasteiger partial charge in [0.1, 0.15) is 11.8 Å². The molecule has 1 aliphatic carbocycles. The van der Waals surface area contributed by atoms with Gasteiger partial charge in [-0.2, -0.15) is 0 Å². The van der Waals surface area contributed by atoms with Crippen LogP contribution in [0, 0.1) is 0 Å². The Morgan fingerprint density at radius 1 is 1.30 bits per heavy atom. The van der Waals surface area contributed by atoms with Gasteiger partial charge in [-0.3, -0.25) is 5.32 Å². The van der Waals surface area contributed by atoms with Crippen LogP contribution in [0.2, 0.25) is 0 Å². The second-order valence-electron chi connectivity index (χ2n) is 5.11. The summed E-state index contributed by atoms with van der Waals surface area (Å²) in [4.78, 5) is 12.2. The van der Waals surface area contributed by atoms with E-state index in [9.17, 15) is 4.79 Å². The third kappa shape index (κ3) is 3.73. The molecule has 1 saturated carbocycles. The van der Waals surface area contributed by atoms with Gasteiger partial charge >= 0.3 is 5.97 Å². The minimum atomic E-state index is -0.385. The average molecular weight is 277 g/mol. The number of rotatable bonds is 6. The largest absolute Gasteiger partial charge is 0.497 e. The lowest BCUT2D eigenvalue weighted by atomic mass is 10.1. The Bertz CT molecular complexity index is 424. The summed E-state index contributed by atoms with van der Waals surface area (Å²) in [5, 5.41) is 3.44. The Balaban J connectivity index is 2.12. The van der Waals surface area contributed by atoms with E-state index in [1.165, 1.54) is 12.8 Å². The summed E-state index contributed by atoms with van der Waals surface area (Å²) < 4.78 is 10.3. The molecule has 0 radical (unpaired) electrons. The van der Waals surface area contributed by atoms with Crippen molar-refractivity contribution in [3.63, 3.8) is 0 Å². The van der Waals surface area contributed by atoms with Gasteiger partial charge in [-0.05, 0) is 37.5 Å². The zero-order valence-electron chi connectivity index (χ0n) is 12.2. The average Bonchev–Trinajstić information content (AvgIpc) is 2.98. The van der Waals surface area contributed by atoms with Gasteiger partial charge in [-0.25, -0.2) is 4.79 Å². The number of benzene rings is 1. The Morgan fingerprint density at radius 3 is 2.50 bits per heavy atom. The molecule has 1 aromatic carbocycles. The normalized spacial score (nSPS) is 16.9. The van der Waals surface area contributed by atoms with Gasteiger partial charge in [0.15, 0.2) is 0 Å². The number of carbonyl (C=O) groups excluding carboxylic acids is 1. The van der Waals surface area contributed by atoms with E-state index in [2.05, 4.69) is 5.32 Å². The molecule has 110 valence electrons. The van der Waals surface area contributed by atoms with Gasteiger partial charge in [0.05, 0.1) is 13.7 Å². The van der Waals surface area contributed by atoms with Crippen LogP contribution in [0.4, 0.5) is 0 Å². The first-order valence-electron chi connectivity index (χ1n) is 7.31. The molecule has 4 heteroatoms. The number of ether oxygens (including phenoxy) is 2. The maximum atomic E-state index is 12.2. The van der Waals surface area contributed by atoms with E-state index in [0.29, 0.717) is 12.6 Å². The molecule has 1 atom stereocenters. The highest BCUT2D eigenvalue weighted by molar-refractivity contribution is 5.77. The van der Waals surface area contributed by atoms with Crippen LogP contribution in [0.3, 0.4) is 0 Å². The number of hydrogen-bond donors (Lipinski definition) is 1. The van der Waals surface area contributed by atoms with E-state index in [0.717, 1.165) is 24.2 Å². The van der Waals surface area contributed by atoms with Crippen molar-refractivity contribution in [1.82, 2.24) is 5.32 Å². The molecule has 0 amide bonds. The molecule has 0 saturated heterocycles. The molecular formula is C16H23NO3. The summed E-state index contributed by atoms with van der Waals surface area (Å²) in [6.07, 6.45) is 4.73. The van der Waals surface area contributed by atoms with Crippen LogP contribution in [0.25, 0.3) is 0 Å². The van der Waals surface area contributed by atoms with Gasteiger partial charge in [0.2, 0.25) is 0 Å².